The van der Waals surface area contributed by atoms with Crippen LogP contribution in [0.1, 0.15) is 51.5 Å². The van der Waals surface area contributed by atoms with Crippen LogP contribution in [0.2, 0.25) is 0 Å². The van der Waals surface area contributed by atoms with E-state index in [0.717, 1.165) is 35.8 Å². The molecule has 2 fully saturated rings. The first kappa shape index (κ1) is 17.5. The molecular formula is C19H25N5OS. The van der Waals surface area contributed by atoms with E-state index in [1.807, 2.05) is 18.3 Å². The van der Waals surface area contributed by atoms with Crippen molar-refractivity contribution in [2.24, 2.45) is 5.92 Å². The van der Waals surface area contributed by atoms with Crippen LogP contribution in [0, 0.1) is 5.92 Å². The zero-order chi connectivity index (χ0) is 17.9. The number of thioether (sulfide) groups is 1. The normalized spacial score (nSPS) is 23.0. The number of amides is 1. The monoisotopic (exact) mass is 371 g/mol. The lowest BCUT2D eigenvalue weighted by Crippen LogP contribution is -2.41. The van der Waals surface area contributed by atoms with Gasteiger partial charge in [0.15, 0.2) is 11.0 Å². The summed E-state index contributed by atoms with van der Waals surface area (Å²) in [7, 11) is 0. The second kappa shape index (κ2) is 7.78. The molecule has 2 saturated carbocycles. The van der Waals surface area contributed by atoms with Gasteiger partial charge in [-0.1, -0.05) is 31.5 Å². The van der Waals surface area contributed by atoms with Crippen molar-refractivity contribution in [3.8, 4) is 11.4 Å². The molecule has 0 aliphatic heterocycles. The second-order valence-electron chi connectivity index (χ2n) is 7.37. The molecule has 4 rings (SSSR count). The first-order valence-corrected chi connectivity index (χ1v) is 10.5. The molecular weight excluding hydrogens is 346 g/mol. The van der Waals surface area contributed by atoms with E-state index >= 15 is 0 Å². The SMILES string of the molecule is C[C@H]1CCCC[C@@H]1NC(=O)CSc1nnc(-c2cccnc2)n1C1CC1. The molecule has 2 heterocycles. The van der Waals surface area contributed by atoms with Gasteiger partial charge in [-0.05, 0) is 43.7 Å². The summed E-state index contributed by atoms with van der Waals surface area (Å²) < 4.78 is 2.18. The molecule has 0 saturated heterocycles. The summed E-state index contributed by atoms with van der Waals surface area (Å²) in [6, 6.07) is 4.68. The quantitative estimate of drug-likeness (QED) is 0.787. The number of nitrogens with one attached hydrogen (secondary N) is 1. The number of rotatable bonds is 6. The van der Waals surface area contributed by atoms with E-state index < -0.39 is 0 Å². The second-order valence-corrected chi connectivity index (χ2v) is 8.32. The molecule has 2 aromatic heterocycles. The van der Waals surface area contributed by atoms with Crippen molar-refractivity contribution in [3.63, 3.8) is 0 Å². The van der Waals surface area contributed by atoms with Crippen LogP contribution in [0.4, 0.5) is 0 Å². The van der Waals surface area contributed by atoms with E-state index in [2.05, 4.69) is 32.0 Å². The Morgan fingerprint density at radius 3 is 2.85 bits per heavy atom. The fraction of sp³-hybridized carbons (Fsp3) is 0.579. The summed E-state index contributed by atoms with van der Waals surface area (Å²) in [6.07, 6.45) is 10.7. The first-order valence-electron chi connectivity index (χ1n) is 9.50. The van der Waals surface area contributed by atoms with Gasteiger partial charge >= 0.3 is 0 Å². The molecule has 26 heavy (non-hydrogen) atoms. The smallest absolute Gasteiger partial charge is 0.230 e. The number of nitrogens with zero attached hydrogens (tertiary/aromatic N) is 4. The maximum atomic E-state index is 12.4. The number of hydrogen-bond acceptors (Lipinski definition) is 5. The molecule has 0 aromatic carbocycles. The Morgan fingerprint density at radius 2 is 2.12 bits per heavy atom. The molecule has 0 unspecified atom stereocenters. The predicted molar refractivity (Wildman–Crippen MR) is 102 cm³/mol. The Balaban J connectivity index is 1.42. The minimum atomic E-state index is 0.0991. The predicted octanol–water partition coefficient (Wildman–Crippen LogP) is 3.46. The van der Waals surface area contributed by atoms with E-state index in [0.29, 0.717) is 23.8 Å². The molecule has 1 N–H and O–H groups in total. The Bertz CT molecular complexity index is 759. The molecule has 2 aliphatic rings. The summed E-state index contributed by atoms with van der Waals surface area (Å²) in [6.45, 7) is 2.24. The highest BCUT2D eigenvalue weighted by molar-refractivity contribution is 7.99. The zero-order valence-corrected chi connectivity index (χ0v) is 15.9. The van der Waals surface area contributed by atoms with Gasteiger partial charge in [-0.3, -0.25) is 14.3 Å². The van der Waals surface area contributed by atoms with Gasteiger partial charge in [0.25, 0.3) is 0 Å². The van der Waals surface area contributed by atoms with Gasteiger partial charge in [0.05, 0.1) is 5.75 Å². The van der Waals surface area contributed by atoms with Gasteiger partial charge in [0, 0.05) is 30.0 Å². The average Bonchev–Trinajstić information content (AvgIpc) is 3.42. The fourth-order valence-electron chi connectivity index (χ4n) is 3.64. The van der Waals surface area contributed by atoms with E-state index in [1.165, 1.54) is 31.0 Å². The van der Waals surface area contributed by atoms with E-state index in [4.69, 9.17) is 0 Å². The van der Waals surface area contributed by atoms with Crippen molar-refractivity contribution in [1.29, 1.82) is 0 Å². The van der Waals surface area contributed by atoms with Crippen LogP contribution < -0.4 is 5.32 Å². The average molecular weight is 372 g/mol. The van der Waals surface area contributed by atoms with Gasteiger partial charge in [0.1, 0.15) is 0 Å². The van der Waals surface area contributed by atoms with E-state index in [-0.39, 0.29) is 5.91 Å². The van der Waals surface area contributed by atoms with Crippen molar-refractivity contribution >= 4 is 17.7 Å². The molecule has 138 valence electrons. The molecule has 0 spiro atoms. The largest absolute Gasteiger partial charge is 0.352 e. The number of hydrogen-bond donors (Lipinski definition) is 1. The van der Waals surface area contributed by atoms with Crippen LogP contribution in [0.3, 0.4) is 0 Å². The molecule has 1 amide bonds. The van der Waals surface area contributed by atoms with Crippen molar-refractivity contribution in [2.45, 2.75) is 62.7 Å². The minimum Gasteiger partial charge on any atom is -0.352 e. The summed E-state index contributed by atoms with van der Waals surface area (Å²) in [5.41, 5.74) is 0.972. The standard InChI is InChI=1S/C19H25N5OS/c1-13-5-2-3-7-16(13)21-17(25)12-26-19-23-22-18(24(19)15-8-9-15)14-6-4-10-20-11-14/h4,6,10-11,13,15-16H,2-3,5,7-9,12H2,1H3,(H,21,25)/t13-,16-/m0/s1. The summed E-state index contributed by atoms with van der Waals surface area (Å²) in [5, 5.41) is 12.8. The van der Waals surface area contributed by atoms with E-state index in [9.17, 15) is 4.79 Å². The lowest BCUT2D eigenvalue weighted by molar-refractivity contribution is -0.119. The lowest BCUT2D eigenvalue weighted by Gasteiger charge is -2.29. The molecule has 2 aromatic rings. The van der Waals surface area contributed by atoms with Gasteiger partial charge in [-0.2, -0.15) is 0 Å². The molecule has 2 aliphatic carbocycles. The number of aromatic nitrogens is 4. The molecule has 7 heteroatoms. The third-order valence-electron chi connectivity index (χ3n) is 5.29. The summed E-state index contributed by atoms with van der Waals surface area (Å²) in [4.78, 5) is 16.6. The highest BCUT2D eigenvalue weighted by Gasteiger charge is 2.30. The van der Waals surface area contributed by atoms with Crippen LogP contribution >= 0.6 is 11.8 Å². The maximum absolute atomic E-state index is 12.4. The van der Waals surface area contributed by atoms with Crippen LogP contribution in [0.25, 0.3) is 11.4 Å². The number of carbonyl (C=O) groups is 1. The van der Waals surface area contributed by atoms with Gasteiger partial charge in [-0.25, -0.2) is 0 Å². The number of carbonyl (C=O) groups excluding carboxylic acids is 1. The Kier molecular flexibility index (Phi) is 5.24. The molecule has 0 bridgehead atoms. The lowest BCUT2D eigenvalue weighted by atomic mass is 9.86. The summed E-state index contributed by atoms with van der Waals surface area (Å²) >= 11 is 1.49. The topological polar surface area (TPSA) is 72.7 Å². The van der Waals surface area contributed by atoms with Crippen molar-refractivity contribution in [1.82, 2.24) is 25.1 Å². The Labute approximate surface area is 158 Å². The van der Waals surface area contributed by atoms with Crippen molar-refractivity contribution in [3.05, 3.63) is 24.5 Å². The minimum absolute atomic E-state index is 0.0991. The highest BCUT2D eigenvalue weighted by atomic mass is 32.2. The summed E-state index contributed by atoms with van der Waals surface area (Å²) in [5.74, 6) is 1.91. The maximum Gasteiger partial charge on any atom is 0.230 e. The van der Waals surface area contributed by atoms with Crippen molar-refractivity contribution in [2.75, 3.05) is 5.75 Å². The zero-order valence-electron chi connectivity index (χ0n) is 15.1. The van der Waals surface area contributed by atoms with Crippen molar-refractivity contribution < 1.29 is 4.79 Å². The van der Waals surface area contributed by atoms with Crippen LogP contribution in [-0.2, 0) is 4.79 Å². The van der Waals surface area contributed by atoms with Crippen LogP contribution in [0.5, 0.6) is 0 Å². The highest BCUT2D eigenvalue weighted by Crippen LogP contribution is 2.40. The van der Waals surface area contributed by atoms with Gasteiger partial charge in [-0.15, -0.1) is 10.2 Å². The fourth-order valence-corrected chi connectivity index (χ4v) is 4.46. The van der Waals surface area contributed by atoms with Gasteiger partial charge in [0.2, 0.25) is 5.91 Å². The number of pyridine rings is 1. The third kappa shape index (κ3) is 3.92. The first-order chi connectivity index (χ1) is 12.7. The molecule has 6 nitrogen and oxygen atoms in total. The molecule has 0 radical (unpaired) electrons. The third-order valence-corrected chi connectivity index (χ3v) is 6.23. The molecule has 2 atom stereocenters. The van der Waals surface area contributed by atoms with Crippen LogP contribution in [-0.4, -0.2) is 37.5 Å². The Hall–Kier alpha value is -1.89. The van der Waals surface area contributed by atoms with E-state index in [1.54, 1.807) is 6.20 Å². The Morgan fingerprint density at radius 1 is 1.27 bits per heavy atom. The van der Waals surface area contributed by atoms with Gasteiger partial charge < -0.3 is 5.32 Å². The van der Waals surface area contributed by atoms with Crippen LogP contribution in [0.15, 0.2) is 29.7 Å².